The molecular formula is C14H24IN5. The molecule has 1 heterocycles. The number of anilines is 1. The summed E-state index contributed by atoms with van der Waals surface area (Å²) < 4.78 is 0. The van der Waals surface area contributed by atoms with Gasteiger partial charge in [0, 0.05) is 32.4 Å². The van der Waals surface area contributed by atoms with Crippen molar-refractivity contribution in [2.24, 2.45) is 10.7 Å². The van der Waals surface area contributed by atoms with E-state index in [1.807, 2.05) is 25.2 Å². The van der Waals surface area contributed by atoms with E-state index in [2.05, 4.69) is 20.2 Å². The lowest BCUT2D eigenvalue weighted by Gasteiger charge is -2.16. The van der Waals surface area contributed by atoms with Crippen molar-refractivity contribution in [1.82, 2.24) is 9.88 Å². The number of guanidine groups is 1. The van der Waals surface area contributed by atoms with E-state index in [1.165, 1.54) is 12.8 Å². The van der Waals surface area contributed by atoms with Crippen LogP contribution in [-0.4, -0.2) is 42.0 Å². The maximum Gasteiger partial charge on any atom is 0.191 e. The van der Waals surface area contributed by atoms with Crippen LogP contribution in [0, 0.1) is 0 Å². The monoisotopic (exact) mass is 389 g/mol. The lowest BCUT2D eigenvalue weighted by Crippen LogP contribution is -2.35. The average molecular weight is 389 g/mol. The Morgan fingerprint density at radius 2 is 2.25 bits per heavy atom. The van der Waals surface area contributed by atoms with Crippen LogP contribution in [0.5, 0.6) is 0 Å². The van der Waals surface area contributed by atoms with E-state index in [0.29, 0.717) is 12.0 Å². The fourth-order valence-electron chi connectivity index (χ4n) is 1.87. The molecule has 1 aliphatic rings. The second kappa shape index (κ2) is 8.99. The highest BCUT2D eigenvalue weighted by atomic mass is 127. The minimum Gasteiger partial charge on any atom is -0.370 e. The quantitative estimate of drug-likeness (QED) is 0.325. The fourth-order valence-corrected chi connectivity index (χ4v) is 1.87. The van der Waals surface area contributed by atoms with Gasteiger partial charge in [0.15, 0.2) is 5.96 Å². The van der Waals surface area contributed by atoms with Crippen LogP contribution in [-0.2, 0) is 0 Å². The Morgan fingerprint density at radius 1 is 1.45 bits per heavy atom. The normalized spacial score (nSPS) is 14.6. The van der Waals surface area contributed by atoms with E-state index in [-0.39, 0.29) is 24.0 Å². The summed E-state index contributed by atoms with van der Waals surface area (Å²) in [6.07, 6.45) is 6.40. The molecule has 6 heteroatoms. The molecule has 2 rings (SSSR count). The van der Waals surface area contributed by atoms with Crippen molar-refractivity contribution in [1.29, 1.82) is 0 Å². The van der Waals surface area contributed by atoms with Gasteiger partial charge in [0.2, 0.25) is 0 Å². The van der Waals surface area contributed by atoms with E-state index in [1.54, 1.807) is 6.20 Å². The van der Waals surface area contributed by atoms with Crippen molar-refractivity contribution in [3.8, 4) is 0 Å². The molecule has 1 aromatic rings. The van der Waals surface area contributed by atoms with Crippen LogP contribution in [0.2, 0.25) is 0 Å². The van der Waals surface area contributed by atoms with Crippen LogP contribution in [0.3, 0.4) is 0 Å². The lowest BCUT2D eigenvalue weighted by molar-refractivity contribution is 0.487. The van der Waals surface area contributed by atoms with E-state index in [4.69, 9.17) is 5.73 Å². The van der Waals surface area contributed by atoms with Crippen LogP contribution in [0.25, 0.3) is 0 Å². The van der Waals surface area contributed by atoms with Gasteiger partial charge in [-0.05, 0) is 37.8 Å². The molecule has 1 aromatic heterocycles. The third-order valence-electron chi connectivity index (χ3n) is 3.29. The first kappa shape index (κ1) is 17.0. The van der Waals surface area contributed by atoms with Gasteiger partial charge >= 0.3 is 0 Å². The Hall–Kier alpha value is -1.05. The fraction of sp³-hybridized carbons (Fsp3) is 0.571. The molecule has 0 atom stereocenters. The highest BCUT2D eigenvalue weighted by molar-refractivity contribution is 14.0. The van der Waals surface area contributed by atoms with E-state index < -0.39 is 0 Å². The van der Waals surface area contributed by atoms with Gasteiger partial charge < -0.3 is 16.0 Å². The Balaban J connectivity index is 0.00000200. The zero-order valence-corrected chi connectivity index (χ0v) is 14.3. The summed E-state index contributed by atoms with van der Waals surface area (Å²) in [6.45, 7) is 1.72. The largest absolute Gasteiger partial charge is 0.370 e. The van der Waals surface area contributed by atoms with Crippen molar-refractivity contribution < 1.29 is 0 Å². The second-order valence-electron chi connectivity index (χ2n) is 4.93. The molecule has 0 radical (unpaired) electrons. The molecule has 0 saturated heterocycles. The van der Waals surface area contributed by atoms with Crippen molar-refractivity contribution in [2.45, 2.75) is 31.7 Å². The minimum atomic E-state index is 0. The maximum absolute atomic E-state index is 5.91. The summed E-state index contributed by atoms with van der Waals surface area (Å²) in [5, 5.41) is 3.28. The summed E-state index contributed by atoms with van der Waals surface area (Å²) in [4.78, 5) is 10.7. The van der Waals surface area contributed by atoms with Crippen LogP contribution < -0.4 is 11.1 Å². The molecule has 0 amide bonds. The number of hydrogen-bond acceptors (Lipinski definition) is 3. The van der Waals surface area contributed by atoms with Gasteiger partial charge in [-0.1, -0.05) is 6.07 Å². The van der Waals surface area contributed by atoms with Gasteiger partial charge in [-0.15, -0.1) is 24.0 Å². The SMILES string of the molecule is CN(C(N)=NCCCCNc1ccccn1)C1CC1.I. The third kappa shape index (κ3) is 5.94. The van der Waals surface area contributed by atoms with E-state index in [0.717, 1.165) is 31.7 Å². The number of nitrogens with zero attached hydrogens (tertiary/aromatic N) is 3. The number of aliphatic imine (C=N–C) groups is 1. The molecule has 3 N–H and O–H groups in total. The number of aromatic nitrogens is 1. The Morgan fingerprint density at radius 3 is 2.90 bits per heavy atom. The van der Waals surface area contributed by atoms with Crippen LogP contribution in [0.15, 0.2) is 29.4 Å². The summed E-state index contributed by atoms with van der Waals surface area (Å²) in [5.41, 5.74) is 5.91. The first-order valence-corrected chi connectivity index (χ1v) is 6.95. The number of nitrogens with one attached hydrogen (secondary N) is 1. The zero-order chi connectivity index (χ0) is 13.5. The third-order valence-corrected chi connectivity index (χ3v) is 3.29. The molecule has 1 saturated carbocycles. The average Bonchev–Trinajstić information content (AvgIpc) is 3.27. The molecule has 0 aromatic carbocycles. The predicted octanol–water partition coefficient (Wildman–Crippen LogP) is 2.30. The summed E-state index contributed by atoms with van der Waals surface area (Å²) >= 11 is 0. The van der Waals surface area contributed by atoms with E-state index in [9.17, 15) is 0 Å². The highest BCUT2D eigenvalue weighted by Gasteiger charge is 2.27. The Bertz CT molecular complexity index is 405. The molecule has 0 unspecified atom stereocenters. The van der Waals surface area contributed by atoms with Gasteiger partial charge in [0.1, 0.15) is 5.82 Å². The number of nitrogens with two attached hydrogens (primary N) is 1. The number of halogens is 1. The number of unbranched alkanes of at least 4 members (excludes halogenated alkanes) is 1. The van der Waals surface area contributed by atoms with Crippen LogP contribution >= 0.6 is 24.0 Å². The smallest absolute Gasteiger partial charge is 0.191 e. The minimum absolute atomic E-state index is 0. The zero-order valence-electron chi connectivity index (χ0n) is 12.0. The summed E-state index contributed by atoms with van der Waals surface area (Å²) in [6, 6.07) is 6.50. The van der Waals surface area contributed by atoms with Crippen LogP contribution in [0.1, 0.15) is 25.7 Å². The molecule has 20 heavy (non-hydrogen) atoms. The Labute approximate surface area is 138 Å². The number of rotatable bonds is 7. The Kier molecular flexibility index (Phi) is 7.64. The molecular weight excluding hydrogens is 365 g/mol. The molecule has 5 nitrogen and oxygen atoms in total. The van der Waals surface area contributed by atoms with E-state index >= 15 is 0 Å². The standard InChI is InChI=1S/C14H23N5.HI/c1-19(12-7-8-12)14(15)18-11-5-4-10-17-13-6-2-3-9-16-13;/h2-3,6,9,12H,4-5,7-8,10-11H2,1H3,(H2,15,18)(H,16,17);1H. The highest BCUT2D eigenvalue weighted by Crippen LogP contribution is 2.24. The van der Waals surface area contributed by atoms with Crippen molar-refractivity contribution in [3.63, 3.8) is 0 Å². The second-order valence-corrected chi connectivity index (χ2v) is 4.93. The van der Waals surface area contributed by atoms with Crippen molar-refractivity contribution in [2.75, 3.05) is 25.5 Å². The first-order valence-electron chi connectivity index (χ1n) is 6.95. The van der Waals surface area contributed by atoms with Crippen molar-refractivity contribution >= 4 is 35.8 Å². The van der Waals surface area contributed by atoms with Gasteiger partial charge in [-0.25, -0.2) is 4.98 Å². The molecule has 0 bridgehead atoms. The topological polar surface area (TPSA) is 66.5 Å². The molecule has 112 valence electrons. The lowest BCUT2D eigenvalue weighted by atomic mass is 10.3. The van der Waals surface area contributed by atoms with Crippen LogP contribution in [0.4, 0.5) is 5.82 Å². The maximum atomic E-state index is 5.91. The van der Waals surface area contributed by atoms with Gasteiger partial charge in [0.05, 0.1) is 0 Å². The van der Waals surface area contributed by atoms with Gasteiger partial charge in [-0.3, -0.25) is 4.99 Å². The van der Waals surface area contributed by atoms with Crippen molar-refractivity contribution in [3.05, 3.63) is 24.4 Å². The molecule has 1 aliphatic carbocycles. The molecule has 0 spiro atoms. The van der Waals surface area contributed by atoms with Gasteiger partial charge in [0.25, 0.3) is 0 Å². The number of hydrogen-bond donors (Lipinski definition) is 2. The molecule has 1 fully saturated rings. The predicted molar refractivity (Wildman–Crippen MR) is 94.7 cm³/mol. The number of pyridine rings is 1. The van der Waals surface area contributed by atoms with Gasteiger partial charge in [-0.2, -0.15) is 0 Å². The summed E-state index contributed by atoms with van der Waals surface area (Å²) in [5.74, 6) is 1.61. The summed E-state index contributed by atoms with van der Waals surface area (Å²) in [7, 11) is 2.03. The first-order chi connectivity index (χ1) is 9.27. The molecule has 0 aliphatic heterocycles.